The molecule has 2 aromatic rings. The Kier molecular flexibility index (Phi) is 3.57. The summed E-state index contributed by atoms with van der Waals surface area (Å²) >= 11 is 0. The van der Waals surface area contributed by atoms with Gasteiger partial charge in [0, 0.05) is 25.7 Å². The molecule has 0 bridgehead atoms. The summed E-state index contributed by atoms with van der Waals surface area (Å²) in [6.07, 6.45) is 6.26. The van der Waals surface area contributed by atoms with Crippen molar-refractivity contribution in [2.24, 2.45) is 7.05 Å². The molecule has 0 aliphatic rings. The van der Waals surface area contributed by atoms with Crippen LogP contribution in [0.15, 0.2) is 35.7 Å². The minimum Gasteiger partial charge on any atom is -0.374 e. The summed E-state index contributed by atoms with van der Waals surface area (Å²) in [5.74, 6) is 0.896. The largest absolute Gasteiger partial charge is 0.374 e. The monoisotopic (exact) mass is 280 g/mol. The van der Waals surface area contributed by atoms with Crippen molar-refractivity contribution in [3.63, 3.8) is 0 Å². The molecule has 6 nitrogen and oxygen atoms in total. The molecule has 1 unspecified atom stereocenters. The highest BCUT2D eigenvalue weighted by molar-refractivity contribution is 7.90. The van der Waals surface area contributed by atoms with Crippen LogP contribution in [0.1, 0.15) is 18.8 Å². The van der Waals surface area contributed by atoms with Crippen LogP contribution in [0.4, 0.5) is 5.69 Å². The Labute approximate surface area is 112 Å². The Bertz CT molecular complexity index is 661. The number of pyridine rings is 1. The van der Waals surface area contributed by atoms with Crippen LogP contribution in [0.2, 0.25) is 0 Å². The van der Waals surface area contributed by atoms with Gasteiger partial charge in [-0.2, -0.15) is 0 Å². The molecule has 0 saturated heterocycles. The Morgan fingerprint density at radius 2 is 2.05 bits per heavy atom. The third-order valence-corrected chi connectivity index (χ3v) is 3.75. The summed E-state index contributed by atoms with van der Waals surface area (Å²) in [7, 11) is -1.33. The fourth-order valence-corrected chi connectivity index (χ4v) is 2.35. The smallest absolute Gasteiger partial charge is 0.192 e. The van der Waals surface area contributed by atoms with Gasteiger partial charge in [0.1, 0.15) is 5.82 Å². The molecule has 0 amide bonds. The Balaban J connectivity index is 2.14. The van der Waals surface area contributed by atoms with Crippen LogP contribution in [-0.2, 0) is 16.9 Å². The lowest BCUT2D eigenvalue weighted by molar-refractivity contribution is 0.598. The van der Waals surface area contributed by atoms with E-state index < -0.39 is 9.84 Å². The molecule has 2 heterocycles. The van der Waals surface area contributed by atoms with Gasteiger partial charge in [-0.15, -0.1) is 0 Å². The maximum atomic E-state index is 11.3. The Morgan fingerprint density at radius 1 is 1.32 bits per heavy atom. The van der Waals surface area contributed by atoms with Crippen LogP contribution in [0.5, 0.6) is 0 Å². The first-order chi connectivity index (χ1) is 8.88. The first kappa shape index (κ1) is 13.5. The standard InChI is InChI=1S/C12H16N4O2S/c1-9(12-13-6-7-16(12)2)15-10-4-5-11(14-8-10)19(3,17)18/h4-9,15H,1-3H3. The Hall–Kier alpha value is -1.89. The van der Waals surface area contributed by atoms with Crippen LogP contribution in [-0.4, -0.2) is 29.2 Å². The normalized spacial score (nSPS) is 13.2. The van der Waals surface area contributed by atoms with Gasteiger partial charge in [-0.1, -0.05) is 0 Å². The highest BCUT2D eigenvalue weighted by Gasteiger charge is 2.12. The van der Waals surface area contributed by atoms with Crippen LogP contribution in [0, 0.1) is 0 Å². The average molecular weight is 280 g/mol. The maximum Gasteiger partial charge on any atom is 0.192 e. The number of sulfone groups is 1. The fourth-order valence-electron chi connectivity index (χ4n) is 1.79. The van der Waals surface area contributed by atoms with E-state index in [2.05, 4.69) is 15.3 Å². The molecule has 0 spiro atoms. The number of nitrogens with zero attached hydrogens (tertiary/aromatic N) is 3. The van der Waals surface area contributed by atoms with Gasteiger partial charge in [-0.3, -0.25) is 0 Å². The minimum atomic E-state index is -3.25. The van der Waals surface area contributed by atoms with Gasteiger partial charge in [0.05, 0.1) is 17.9 Å². The van der Waals surface area contributed by atoms with Crippen LogP contribution < -0.4 is 5.32 Å². The molecule has 0 aromatic carbocycles. The van der Waals surface area contributed by atoms with Crippen molar-refractivity contribution in [1.29, 1.82) is 0 Å². The summed E-state index contributed by atoms with van der Waals surface area (Å²) in [4.78, 5) is 8.18. The minimum absolute atomic E-state index is 0.00545. The summed E-state index contributed by atoms with van der Waals surface area (Å²) in [6.45, 7) is 1.98. The SMILES string of the molecule is CC(Nc1ccc(S(C)(=O)=O)nc1)c1nccn1C. The summed E-state index contributed by atoms with van der Waals surface area (Å²) in [5, 5.41) is 3.30. The van der Waals surface area contributed by atoms with E-state index in [0.717, 1.165) is 17.8 Å². The zero-order valence-electron chi connectivity index (χ0n) is 11.0. The summed E-state index contributed by atoms with van der Waals surface area (Å²) < 4.78 is 24.5. The predicted molar refractivity (Wildman–Crippen MR) is 72.6 cm³/mol. The second-order valence-corrected chi connectivity index (χ2v) is 6.38. The second kappa shape index (κ2) is 5.00. The van der Waals surface area contributed by atoms with E-state index in [4.69, 9.17) is 0 Å². The molecule has 0 radical (unpaired) electrons. The number of hydrogen-bond donors (Lipinski definition) is 1. The molecule has 7 heteroatoms. The molecule has 2 rings (SSSR count). The van der Waals surface area contributed by atoms with E-state index in [-0.39, 0.29) is 11.1 Å². The highest BCUT2D eigenvalue weighted by atomic mass is 32.2. The van der Waals surface area contributed by atoms with Crippen molar-refractivity contribution < 1.29 is 8.42 Å². The molecule has 2 aromatic heterocycles. The number of aromatic nitrogens is 3. The third-order valence-electron chi connectivity index (χ3n) is 2.75. The zero-order chi connectivity index (χ0) is 14.0. The lowest BCUT2D eigenvalue weighted by Crippen LogP contribution is -2.12. The number of rotatable bonds is 4. The highest BCUT2D eigenvalue weighted by Crippen LogP contribution is 2.17. The van der Waals surface area contributed by atoms with Gasteiger partial charge in [0.25, 0.3) is 0 Å². The number of nitrogens with one attached hydrogen (secondary N) is 1. The van der Waals surface area contributed by atoms with Gasteiger partial charge < -0.3 is 9.88 Å². The van der Waals surface area contributed by atoms with E-state index in [1.165, 1.54) is 12.3 Å². The molecular weight excluding hydrogens is 264 g/mol. The number of imidazole rings is 1. The van der Waals surface area contributed by atoms with Crippen LogP contribution in [0.25, 0.3) is 0 Å². The van der Waals surface area contributed by atoms with Crippen LogP contribution >= 0.6 is 0 Å². The van der Waals surface area contributed by atoms with E-state index in [0.29, 0.717) is 0 Å². The molecule has 102 valence electrons. The van der Waals surface area contributed by atoms with E-state index in [1.54, 1.807) is 12.3 Å². The van der Waals surface area contributed by atoms with E-state index in [9.17, 15) is 8.42 Å². The summed E-state index contributed by atoms with van der Waals surface area (Å²) in [6, 6.07) is 3.19. The maximum absolute atomic E-state index is 11.3. The first-order valence-corrected chi connectivity index (χ1v) is 7.67. The van der Waals surface area contributed by atoms with Gasteiger partial charge in [-0.25, -0.2) is 18.4 Å². The van der Waals surface area contributed by atoms with E-state index >= 15 is 0 Å². The lowest BCUT2D eigenvalue weighted by Gasteiger charge is -2.14. The number of aryl methyl sites for hydroxylation is 1. The van der Waals surface area contributed by atoms with Gasteiger partial charge >= 0.3 is 0 Å². The number of anilines is 1. The van der Waals surface area contributed by atoms with Gasteiger partial charge in [0.2, 0.25) is 0 Å². The van der Waals surface area contributed by atoms with Crippen LogP contribution in [0.3, 0.4) is 0 Å². The molecular formula is C12H16N4O2S. The Morgan fingerprint density at radius 3 is 2.53 bits per heavy atom. The van der Waals surface area contributed by atoms with Crippen molar-refractivity contribution >= 4 is 15.5 Å². The zero-order valence-corrected chi connectivity index (χ0v) is 11.8. The van der Waals surface area contributed by atoms with Crippen molar-refractivity contribution in [3.8, 4) is 0 Å². The second-order valence-electron chi connectivity index (χ2n) is 4.42. The average Bonchev–Trinajstić information content (AvgIpc) is 2.75. The molecule has 19 heavy (non-hydrogen) atoms. The molecule has 0 saturated carbocycles. The quantitative estimate of drug-likeness (QED) is 0.916. The molecule has 0 aliphatic heterocycles. The topological polar surface area (TPSA) is 76.9 Å². The van der Waals surface area contributed by atoms with Gasteiger partial charge in [-0.05, 0) is 19.1 Å². The molecule has 0 fully saturated rings. The van der Waals surface area contributed by atoms with Crippen molar-refractivity contribution in [1.82, 2.24) is 14.5 Å². The van der Waals surface area contributed by atoms with Crippen molar-refractivity contribution in [3.05, 3.63) is 36.5 Å². The van der Waals surface area contributed by atoms with E-state index in [1.807, 2.05) is 24.7 Å². The van der Waals surface area contributed by atoms with Gasteiger partial charge in [0.15, 0.2) is 14.9 Å². The fraction of sp³-hybridized carbons (Fsp3) is 0.333. The number of hydrogen-bond acceptors (Lipinski definition) is 5. The summed E-state index contributed by atoms with van der Waals surface area (Å²) in [5.41, 5.74) is 0.753. The third kappa shape index (κ3) is 3.11. The predicted octanol–water partition coefficient (Wildman–Crippen LogP) is 1.39. The van der Waals surface area contributed by atoms with Crippen molar-refractivity contribution in [2.75, 3.05) is 11.6 Å². The first-order valence-electron chi connectivity index (χ1n) is 5.78. The molecule has 1 N–H and O–H groups in total. The molecule has 1 atom stereocenters. The lowest BCUT2D eigenvalue weighted by atomic mass is 10.3. The van der Waals surface area contributed by atoms with Crippen molar-refractivity contribution in [2.45, 2.75) is 18.0 Å². The molecule has 0 aliphatic carbocycles.